The number of hydrogen-bond acceptors (Lipinski definition) is 2. The summed E-state index contributed by atoms with van der Waals surface area (Å²) in [5, 5.41) is 9.49. The second kappa shape index (κ2) is 6.96. The molecule has 0 bridgehead atoms. The van der Waals surface area contributed by atoms with Crippen molar-refractivity contribution in [3.8, 4) is 0 Å². The number of benzene rings is 1. The van der Waals surface area contributed by atoms with Crippen LogP contribution in [0.5, 0.6) is 0 Å². The van der Waals surface area contributed by atoms with Crippen molar-refractivity contribution >= 4 is 28.9 Å². The summed E-state index contributed by atoms with van der Waals surface area (Å²) in [5.41, 5.74) is 3.34. The Bertz CT molecular complexity index is 426. The Morgan fingerprint density at radius 3 is 2.28 bits per heavy atom. The normalized spacial score (nSPS) is 9.72. The predicted octanol–water partition coefficient (Wildman–Crippen LogP) is 1.73. The minimum Gasteiger partial charge on any atom is -0.361 e. The molecule has 1 amide bonds. The Morgan fingerprint density at radius 1 is 1.17 bits per heavy atom. The number of para-hydroxylation sites is 1. The van der Waals surface area contributed by atoms with Gasteiger partial charge in [-0.3, -0.25) is 4.79 Å². The van der Waals surface area contributed by atoms with E-state index in [0.29, 0.717) is 18.2 Å². The zero-order chi connectivity index (χ0) is 13.5. The molecule has 0 fully saturated rings. The van der Waals surface area contributed by atoms with Gasteiger partial charge in [0.05, 0.1) is 0 Å². The van der Waals surface area contributed by atoms with E-state index in [0.717, 1.165) is 16.8 Å². The molecule has 0 heterocycles. The first kappa shape index (κ1) is 14.4. The minimum absolute atomic E-state index is 0.0366. The van der Waals surface area contributed by atoms with Crippen molar-refractivity contribution in [2.75, 3.05) is 18.4 Å². The lowest BCUT2D eigenvalue weighted by Gasteiger charge is -2.14. The van der Waals surface area contributed by atoms with Gasteiger partial charge in [-0.2, -0.15) is 0 Å². The zero-order valence-corrected chi connectivity index (χ0v) is 11.8. The van der Waals surface area contributed by atoms with Crippen LogP contribution in [0.4, 0.5) is 5.69 Å². The summed E-state index contributed by atoms with van der Waals surface area (Å²) in [5.74, 6) is -0.0366. The van der Waals surface area contributed by atoms with Crippen LogP contribution in [0, 0.1) is 13.8 Å². The van der Waals surface area contributed by atoms with Crippen molar-refractivity contribution in [3.05, 3.63) is 29.3 Å². The third-order valence-corrected chi connectivity index (χ3v) is 2.75. The Morgan fingerprint density at radius 2 is 1.72 bits per heavy atom. The smallest absolute Gasteiger partial charge is 0.216 e. The van der Waals surface area contributed by atoms with Gasteiger partial charge in [-0.05, 0) is 37.2 Å². The lowest BCUT2D eigenvalue weighted by Crippen LogP contribution is -2.36. The summed E-state index contributed by atoms with van der Waals surface area (Å²) in [4.78, 5) is 10.7. The molecule has 18 heavy (non-hydrogen) atoms. The lowest BCUT2D eigenvalue weighted by atomic mass is 10.1. The van der Waals surface area contributed by atoms with Crippen LogP contribution in [-0.4, -0.2) is 24.1 Å². The van der Waals surface area contributed by atoms with E-state index >= 15 is 0 Å². The molecule has 0 aliphatic carbocycles. The second-order valence-electron chi connectivity index (χ2n) is 4.13. The fourth-order valence-corrected chi connectivity index (χ4v) is 1.79. The Kier molecular flexibility index (Phi) is 5.58. The SMILES string of the molecule is CC(=O)NCCNC(=S)Nc1c(C)cccc1C. The quantitative estimate of drug-likeness (QED) is 0.573. The molecule has 98 valence electrons. The first-order chi connectivity index (χ1) is 8.50. The van der Waals surface area contributed by atoms with E-state index in [1.54, 1.807) is 0 Å². The summed E-state index contributed by atoms with van der Waals surface area (Å²) >= 11 is 5.20. The van der Waals surface area contributed by atoms with Crippen LogP contribution in [0.15, 0.2) is 18.2 Å². The first-order valence-electron chi connectivity index (χ1n) is 5.86. The number of nitrogens with one attached hydrogen (secondary N) is 3. The van der Waals surface area contributed by atoms with E-state index in [9.17, 15) is 4.79 Å². The third kappa shape index (κ3) is 4.71. The average Bonchev–Trinajstić information content (AvgIpc) is 2.29. The maximum Gasteiger partial charge on any atom is 0.216 e. The van der Waals surface area contributed by atoms with Crippen LogP contribution in [0.25, 0.3) is 0 Å². The summed E-state index contributed by atoms with van der Waals surface area (Å²) in [6.07, 6.45) is 0. The molecule has 5 heteroatoms. The fourth-order valence-electron chi connectivity index (χ4n) is 1.58. The van der Waals surface area contributed by atoms with Crippen molar-refractivity contribution in [1.82, 2.24) is 10.6 Å². The summed E-state index contributed by atoms with van der Waals surface area (Å²) < 4.78 is 0. The molecule has 0 saturated carbocycles. The molecule has 0 spiro atoms. The molecule has 0 radical (unpaired) electrons. The van der Waals surface area contributed by atoms with E-state index in [1.165, 1.54) is 6.92 Å². The van der Waals surface area contributed by atoms with Crippen LogP contribution in [0.2, 0.25) is 0 Å². The van der Waals surface area contributed by atoms with Gasteiger partial charge in [-0.25, -0.2) is 0 Å². The number of amides is 1. The maximum absolute atomic E-state index is 10.7. The van der Waals surface area contributed by atoms with E-state index < -0.39 is 0 Å². The molecular formula is C13H19N3OS. The van der Waals surface area contributed by atoms with Crippen LogP contribution >= 0.6 is 12.2 Å². The number of carbonyl (C=O) groups excluding carboxylic acids is 1. The molecule has 0 aliphatic heterocycles. The maximum atomic E-state index is 10.7. The highest BCUT2D eigenvalue weighted by atomic mass is 32.1. The van der Waals surface area contributed by atoms with E-state index in [1.807, 2.05) is 32.0 Å². The van der Waals surface area contributed by atoms with E-state index in [-0.39, 0.29) is 5.91 Å². The fraction of sp³-hybridized carbons (Fsp3) is 0.385. The van der Waals surface area contributed by atoms with E-state index in [4.69, 9.17) is 12.2 Å². The van der Waals surface area contributed by atoms with Gasteiger partial charge in [-0.15, -0.1) is 0 Å². The monoisotopic (exact) mass is 265 g/mol. The molecule has 0 aliphatic rings. The zero-order valence-electron chi connectivity index (χ0n) is 11.0. The first-order valence-corrected chi connectivity index (χ1v) is 6.27. The molecule has 3 N–H and O–H groups in total. The Balaban J connectivity index is 2.43. The molecule has 4 nitrogen and oxygen atoms in total. The van der Waals surface area contributed by atoms with Crippen LogP contribution in [-0.2, 0) is 4.79 Å². The van der Waals surface area contributed by atoms with Gasteiger partial charge in [0, 0.05) is 25.7 Å². The molecule has 0 unspecified atom stereocenters. The van der Waals surface area contributed by atoms with Crippen LogP contribution < -0.4 is 16.0 Å². The molecule has 0 saturated heterocycles. The largest absolute Gasteiger partial charge is 0.361 e. The number of thiocarbonyl (C=S) groups is 1. The van der Waals surface area contributed by atoms with Gasteiger partial charge in [0.1, 0.15) is 0 Å². The highest BCUT2D eigenvalue weighted by Crippen LogP contribution is 2.18. The Hall–Kier alpha value is -1.62. The highest BCUT2D eigenvalue weighted by molar-refractivity contribution is 7.80. The number of aryl methyl sites for hydroxylation is 2. The minimum atomic E-state index is -0.0366. The predicted molar refractivity (Wildman–Crippen MR) is 78.8 cm³/mol. The standard InChI is InChI=1S/C13H19N3OS/c1-9-5-4-6-10(2)12(9)16-13(18)15-8-7-14-11(3)17/h4-6H,7-8H2,1-3H3,(H,14,17)(H2,15,16,18). The van der Waals surface area contributed by atoms with Crippen molar-refractivity contribution in [1.29, 1.82) is 0 Å². The van der Waals surface area contributed by atoms with Crippen molar-refractivity contribution in [2.45, 2.75) is 20.8 Å². The van der Waals surface area contributed by atoms with Gasteiger partial charge < -0.3 is 16.0 Å². The van der Waals surface area contributed by atoms with Gasteiger partial charge in [-0.1, -0.05) is 18.2 Å². The molecule has 0 aromatic heterocycles. The molecule has 1 rings (SSSR count). The van der Waals surface area contributed by atoms with Gasteiger partial charge in [0.15, 0.2) is 5.11 Å². The molecule has 0 atom stereocenters. The topological polar surface area (TPSA) is 53.2 Å². The number of anilines is 1. The second-order valence-corrected chi connectivity index (χ2v) is 4.54. The van der Waals surface area contributed by atoms with Crippen LogP contribution in [0.3, 0.4) is 0 Å². The Labute approximate surface area is 113 Å². The number of rotatable bonds is 4. The number of carbonyl (C=O) groups is 1. The molecule has 1 aromatic carbocycles. The summed E-state index contributed by atoms with van der Waals surface area (Å²) in [7, 11) is 0. The highest BCUT2D eigenvalue weighted by Gasteiger charge is 2.03. The summed E-state index contributed by atoms with van der Waals surface area (Å²) in [6.45, 7) is 6.73. The van der Waals surface area contributed by atoms with Crippen molar-refractivity contribution < 1.29 is 4.79 Å². The van der Waals surface area contributed by atoms with Crippen molar-refractivity contribution in [2.24, 2.45) is 0 Å². The molecule has 1 aromatic rings. The van der Waals surface area contributed by atoms with Gasteiger partial charge in [0.25, 0.3) is 0 Å². The lowest BCUT2D eigenvalue weighted by molar-refractivity contribution is -0.118. The van der Waals surface area contributed by atoms with Gasteiger partial charge in [0.2, 0.25) is 5.91 Å². The molecular weight excluding hydrogens is 246 g/mol. The third-order valence-electron chi connectivity index (χ3n) is 2.50. The van der Waals surface area contributed by atoms with Crippen molar-refractivity contribution in [3.63, 3.8) is 0 Å². The number of hydrogen-bond donors (Lipinski definition) is 3. The summed E-state index contributed by atoms with van der Waals surface area (Å²) in [6, 6.07) is 6.09. The van der Waals surface area contributed by atoms with Gasteiger partial charge >= 0.3 is 0 Å². The van der Waals surface area contributed by atoms with Crippen LogP contribution in [0.1, 0.15) is 18.1 Å². The van der Waals surface area contributed by atoms with E-state index in [2.05, 4.69) is 16.0 Å². The average molecular weight is 265 g/mol.